The molecular weight excluding hydrogens is 190 g/mol. The Hall–Kier alpha value is -1.38. The van der Waals surface area contributed by atoms with Crippen LogP contribution in [0.4, 0.5) is 0 Å². The normalized spacial score (nSPS) is 10.3. The van der Waals surface area contributed by atoms with Gasteiger partial charge in [0.1, 0.15) is 0 Å². The van der Waals surface area contributed by atoms with E-state index in [4.69, 9.17) is 0 Å². The highest BCUT2D eigenvalue weighted by Crippen LogP contribution is 2.17. The molecule has 0 bridgehead atoms. The Labute approximate surface area is 90.1 Å². The molecule has 0 saturated heterocycles. The Morgan fingerprint density at radius 2 is 2.13 bits per heavy atom. The Bertz CT molecular complexity index is 377. The number of hydrogen-bond donors (Lipinski definition) is 0. The van der Waals surface area contributed by atoms with Crippen LogP contribution in [-0.2, 0) is 13.0 Å². The van der Waals surface area contributed by atoms with E-state index >= 15 is 0 Å². The molecule has 0 amide bonds. The molecule has 0 aliphatic rings. The van der Waals surface area contributed by atoms with Crippen LogP contribution in [-0.4, -0.2) is 16.6 Å². The van der Waals surface area contributed by atoms with Crippen molar-refractivity contribution in [3.63, 3.8) is 0 Å². The van der Waals surface area contributed by atoms with Gasteiger partial charge in [-0.05, 0) is 19.4 Å². The fraction of sp³-hybridized carbons (Fsp3) is 0.500. The van der Waals surface area contributed by atoms with E-state index in [2.05, 4.69) is 6.92 Å². The Morgan fingerprint density at radius 1 is 1.47 bits per heavy atom. The fourth-order valence-electron chi connectivity index (χ4n) is 1.88. The van der Waals surface area contributed by atoms with E-state index < -0.39 is 0 Å². The second kappa shape index (κ2) is 4.91. The van der Waals surface area contributed by atoms with Gasteiger partial charge in [0, 0.05) is 24.7 Å². The van der Waals surface area contributed by atoms with Crippen LogP contribution in [0.2, 0.25) is 0 Å². The van der Waals surface area contributed by atoms with Gasteiger partial charge in [0.2, 0.25) is 0 Å². The molecular formula is C12H17NO2. The molecule has 0 radical (unpaired) electrons. The maximum atomic E-state index is 11.4. The summed E-state index contributed by atoms with van der Waals surface area (Å²) in [6, 6.07) is 1.70. The molecule has 1 aromatic rings. The van der Waals surface area contributed by atoms with Gasteiger partial charge in [-0.3, -0.25) is 9.59 Å². The van der Waals surface area contributed by atoms with Crippen LogP contribution in [0.3, 0.4) is 0 Å². The molecule has 15 heavy (non-hydrogen) atoms. The highest BCUT2D eigenvalue weighted by atomic mass is 16.1. The molecule has 0 atom stereocenters. The van der Waals surface area contributed by atoms with Gasteiger partial charge in [-0.25, -0.2) is 0 Å². The summed E-state index contributed by atoms with van der Waals surface area (Å²) in [7, 11) is 0. The third-order valence-corrected chi connectivity index (χ3v) is 2.53. The first kappa shape index (κ1) is 11.7. The molecule has 1 aromatic heterocycles. The van der Waals surface area contributed by atoms with E-state index in [0.29, 0.717) is 11.3 Å². The standard InChI is InChI=1S/C12H17NO2/c1-4-6-11-10(8-14)7-12(9(3)15)13(11)5-2/h7-8H,4-6H2,1-3H3. The quantitative estimate of drug-likeness (QED) is 0.549. The number of carbonyl (C=O) groups excluding carboxylic acids is 2. The molecule has 1 heterocycles. The number of carbonyl (C=O) groups is 2. The predicted octanol–water partition coefficient (Wildman–Crippen LogP) is 2.48. The molecule has 1 rings (SSSR count). The summed E-state index contributed by atoms with van der Waals surface area (Å²) in [5.74, 6) is 0.0160. The van der Waals surface area contributed by atoms with Crippen molar-refractivity contribution in [2.45, 2.75) is 40.2 Å². The van der Waals surface area contributed by atoms with Crippen molar-refractivity contribution in [1.29, 1.82) is 0 Å². The van der Waals surface area contributed by atoms with E-state index in [9.17, 15) is 9.59 Å². The number of Topliss-reactive ketones (excluding diaryl/α,β-unsaturated/α-hetero) is 1. The van der Waals surface area contributed by atoms with Gasteiger partial charge in [0.15, 0.2) is 12.1 Å². The lowest BCUT2D eigenvalue weighted by molar-refractivity contribution is 0.100. The van der Waals surface area contributed by atoms with Crippen molar-refractivity contribution < 1.29 is 9.59 Å². The summed E-state index contributed by atoms with van der Waals surface area (Å²) < 4.78 is 1.94. The molecule has 0 fully saturated rings. The summed E-state index contributed by atoms with van der Waals surface area (Å²) in [6.45, 7) is 6.32. The van der Waals surface area contributed by atoms with Crippen molar-refractivity contribution in [2.24, 2.45) is 0 Å². The predicted molar refractivity (Wildman–Crippen MR) is 59.5 cm³/mol. The third-order valence-electron chi connectivity index (χ3n) is 2.53. The highest BCUT2D eigenvalue weighted by Gasteiger charge is 2.15. The first-order valence-corrected chi connectivity index (χ1v) is 5.34. The molecule has 0 aliphatic heterocycles. The number of hydrogen-bond acceptors (Lipinski definition) is 2. The van der Waals surface area contributed by atoms with E-state index in [1.807, 2.05) is 11.5 Å². The maximum Gasteiger partial charge on any atom is 0.176 e. The number of aldehydes is 1. The zero-order chi connectivity index (χ0) is 11.4. The minimum atomic E-state index is 0.0160. The summed E-state index contributed by atoms with van der Waals surface area (Å²) >= 11 is 0. The number of nitrogens with zero attached hydrogens (tertiary/aromatic N) is 1. The lowest BCUT2D eigenvalue weighted by Crippen LogP contribution is -2.08. The minimum absolute atomic E-state index is 0.0160. The average Bonchev–Trinajstić information content (AvgIpc) is 2.56. The first-order valence-electron chi connectivity index (χ1n) is 5.34. The average molecular weight is 207 g/mol. The number of aromatic nitrogens is 1. The Balaban J connectivity index is 3.31. The summed E-state index contributed by atoms with van der Waals surface area (Å²) in [6.07, 6.45) is 2.65. The monoisotopic (exact) mass is 207 g/mol. The number of rotatable bonds is 5. The lowest BCUT2D eigenvalue weighted by atomic mass is 10.2. The molecule has 3 heteroatoms. The van der Waals surface area contributed by atoms with Crippen molar-refractivity contribution in [1.82, 2.24) is 4.57 Å². The van der Waals surface area contributed by atoms with Gasteiger partial charge in [-0.1, -0.05) is 13.3 Å². The second-order valence-electron chi connectivity index (χ2n) is 3.60. The smallest absolute Gasteiger partial charge is 0.176 e. The molecule has 0 aromatic carbocycles. The third kappa shape index (κ3) is 2.17. The van der Waals surface area contributed by atoms with E-state index in [1.54, 1.807) is 6.07 Å². The van der Waals surface area contributed by atoms with E-state index in [0.717, 1.165) is 31.4 Å². The van der Waals surface area contributed by atoms with Gasteiger partial charge in [0.05, 0.1) is 5.69 Å². The van der Waals surface area contributed by atoms with Crippen LogP contribution in [0.15, 0.2) is 6.07 Å². The topological polar surface area (TPSA) is 39.1 Å². The van der Waals surface area contributed by atoms with Gasteiger partial charge < -0.3 is 4.57 Å². The maximum absolute atomic E-state index is 11.4. The molecule has 0 unspecified atom stereocenters. The van der Waals surface area contributed by atoms with E-state index in [1.165, 1.54) is 6.92 Å². The van der Waals surface area contributed by atoms with Gasteiger partial charge in [-0.2, -0.15) is 0 Å². The second-order valence-corrected chi connectivity index (χ2v) is 3.60. The fourth-order valence-corrected chi connectivity index (χ4v) is 1.88. The highest BCUT2D eigenvalue weighted by molar-refractivity contribution is 5.95. The van der Waals surface area contributed by atoms with Crippen LogP contribution in [0.5, 0.6) is 0 Å². The van der Waals surface area contributed by atoms with Gasteiger partial charge in [0.25, 0.3) is 0 Å². The molecule has 0 spiro atoms. The van der Waals surface area contributed by atoms with E-state index in [-0.39, 0.29) is 5.78 Å². The largest absolute Gasteiger partial charge is 0.342 e. The van der Waals surface area contributed by atoms with Crippen LogP contribution in [0.25, 0.3) is 0 Å². The molecule has 0 saturated carbocycles. The van der Waals surface area contributed by atoms with Crippen LogP contribution < -0.4 is 0 Å². The van der Waals surface area contributed by atoms with Gasteiger partial charge >= 0.3 is 0 Å². The number of ketones is 1. The minimum Gasteiger partial charge on any atom is -0.342 e. The van der Waals surface area contributed by atoms with Crippen molar-refractivity contribution in [3.05, 3.63) is 23.0 Å². The SMILES string of the molecule is CCCc1c(C=O)cc(C(C)=O)n1CC. The zero-order valence-corrected chi connectivity index (χ0v) is 9.54. The zero-order valence-electron chi connectivity index (χ0n) is 9.54. The van der Waals surface area contributed by atoms with Crippen LogP contribution >= 0.6 is 0 Å². The molecule has 0 aliphatic carbocycles. The van der Waals surface area contributed by atoms with Crippen LogP contribution in [0.1, 0.15) is 53.7 Å². The van der Waals surface area contributed by atoms with Crippen molar-refractivity contribution in [2.75, 3.05) is 0 Å². The Morgan fingerprint density at radius 3 is 2.53 bits per heavy atom. The lowest BCUT2D eigenvalue weighted by Gasteiger charge is -2.08. The van der Waals surface area contributed by atoms with Crippen LogP contribution in [0, 0.1) is 0 Å². The summed E-state index contributed by atoms with van der Waals surface area (Å²) in [5, 5.41) is 0. The first-order chi connectivity index (χ1) is 7.15. The molecule has 82 valence electrons. The molecule has 0 N–H and O–H groups in total. The van der Waals surface area contributed by atoms with Gasteiger partial charge in [-0.15, -0.1) is 0 Å². The molecule has 3 nitrogen and oxygen atoms in total. The van der Waals surface area contributed by atoms with Crippen molar-refractivity contribution >= 4 is 12.1 Å². The summed E-state index contributed by atoms with van der Waals surface area (Å²) in [4.78, 5) is 22.3. The summed E-state index contributed by atoms with van der Waals surface area (Å²) in [5.41, 5.74) is 2.28. The van der Waals surface area contributed by atoms with Crippen molar-refractivity contribution in [3.8, 4) is 0 Å². The Kier molecular flexibility index (Phi) is 3.83.